The summed E-state index contributed by atoms with van der Waals surface area (Å²) in [6, 6.07) is 12.1. The predicted molar refractivity (Wildman–Crippen MR) is 85.5 cm³/mol. The number of rotatable bonds is 2. The van der Waals surface area contributed by atoms with Crippen molar-refractivity contribution in [2.75, 3.05) is 0 Å². The molecule has 0 amide bonds. The van der Waals surface area contributed by atoms with Gasteiger partial charge < -0.3 is 4.57 Å². The molecule has 102 valence electrons. The van der Waals surface area contributed by atoms with Crippen LogP contribution in [0.25, 0.3) is 21.8 Å². The van der Waals surface area contributed by atoms with Crippen LogP contribution in [0.4, 0.5) is 0 Å². The third kappa shape index (κ3) is 1.75. The van der Waals surface area contributed by atoms with Gasteiger partial charge in [0.25, 0.3) is 0 Å². The molecule has 0 N–H and O–H groups in total. The molecule has 0 aliphatic heterocycles. The van der Waals surface area contributed by atoms with Crippen LogP contribution in [0.5, 0.6) is 0 Å². The van der Waals surface area contributed by atoms with Crippen LogP contribution < -0.4 is 5.43 Å². The number of pyridine rings is 1. The first-order valence-electron chi connectivity index (χ1n) is 7.20. The Kier molecular flexibility index (Phi) is 3.09. The van der Waals surface area contributed by atoms with Crippen LogP contribution in [0.3, 0.4) is 0 Å². The molecule has 0 saturated heterocycles. The van der Waals surface area contributed by atoms with E-state index in [0.717, 1.165) is 34.6 Å². The van der Waals surface area contributed by atoms with E-state index < -0.39 is 0 Å². The molecule has 0 aliphatic carbocycles. The van der Waals surface area contributed by atoms with Crippen molar-refractivity contribution in [1.29, 1.82) is 0 Å². The number of aromatic nitrogens is 1. The Balaban J connectivity index is 2.62. The molecule has 1 aromatic heterocycles. The van der Waals surface area contributed by atoms with Crippen molar-refractivity contribution in [1.82, 2.24) is 4.57 Å². The molecular formula is C18H19NO. The van der Waals surface area contributed by atoms with Crippen LogP contribution in [0, 0.1) is 0 Å². The fraction of sp³-hybridized carbons (Fsp3) is 0.278. The molecule has 0 radical (unpaired) electrons. The Hall–Kier alpha value is -2.09. The number of para-hydroxylation sites is 1. The van der Waals surface area contributed by atoms with Crippen LogP contribution in [-0.2, 0) is 19.9 Å². The first kappa shape index (κ1) is 12.9. The lowest BCUT2D eigenvalue weighted by molar-refractivity contribution is 0.978. The summed E-state index contributed by atoms with van der Waals surface area (Å²) < 4.78 is 2.16. The van der Waals surface area contributed by atoms with Crippen molar-refractivity contribution >= 4 is 21.8 Å². The van der Waals surface area contributed by atoms with E-state index in [9.17, 15) is 4.79 Å². The van der Waals surface area contributed by atoms with Gasteiger partial charge in [-0.1, -0.05) is 32.0 Å². The highest BCUT2D eigenvalue weighted by Gasteiger charge is 2.12. The van der Waals surface area contributed by atoms with Crippen LogP contribution in [-0.4, -0.2) is 4.57 Å². The summed E-state index contributed by atoms with van der Waals surface area (Å²) in [5.74, 6) is 0. The Bertz CT molecular complexity index is 859. The van der Waals surface area contributed by atoms with E-state index in [2.05, 4.69) is 37.6 Å². The summed E-state index contributed by atoms with van der Waals surface area (Å²) in [5.41, 5.74) is 4.72. The van der Waals surface area contributed by atoms with Crippen LogP contribution in [0.2, 0.25) is 0 Å². The molecule has 0 unspecified atom stereocenters. The second-order valence-corrected chi connectivity index (χ2v) is 5.26. The maximum Gasteiger partial charge on any atom is 0.197 e. The van der Waals surface area contributed by atoms with Gasteiger partial charge in [-0.2, -0.15) is 0 Å². The van der Waals surface area contributed by atoms with Gasteiger partial charge in [0.15, 0.2) is 5.43 Å². The van der Waals surface area contributed by atoms with Crippen molar-refractivity contribution in [2.24, 2.45) is 7.05 Å². The minimum absolute atomic E-state index is 0.152. The number of aryl methyl sites for hydroxylation is 3. The second kappa shape index (κ2) is 4.78. The van der Waals surface area contributed by atoms with E-state index >= 15 is 0 Å². The molecule has 2 heteroatoms. The van der Waals surface area contributed by atoms with Gasteiger partial charge in [0, 0.05) is 17.8 Å². The van der Waals surface area contributed by atoms with Crippen molar-refractivity contribution in [3.63, 3.8) is 0 Å². The van der Waals surface area contributed by atoms with Crippen molar-refractivity contribution in [2.45, 2.75) is 26.7 Å². The van der Waals surface area contributed by atoms with Crippen molar-refractivity contribution in [3.8, 4) is 0 Å². The summed E-state index contributed by atoms with van der Waals surface area (Å²) >= 11 is 0. The third-order valence-corrected chi connectivity index (χ3v) is 4.13. The molecule has 1 heterocycles. The lowest BCUT2D eigenvalue weighted by Crippen LogP contribution is -2.11. The van der Waals surface area contributed by atoms with E-state index in [4.69, 9.17) is 0 Å². The summed E-state index contributed by atoms with van der Waals surface area (Å²) in [6.45, 7) is 4.28. The highest BCUT2D eigenvalue weighted by atomic mass is 16.1. The van der Waals surface area contributed by atoms with Crippen LogP contribution in [0.15, 0.2) is 41.2 Å². The highest BCUT2D eigenvalue weighted by Crippen LogP contribution is 2.23. The molecule has 0 bridgehead atoms. The van der Waals surface area contributed by atoms with Gasteiger partial charge in [-0.15, -0.1) is 0 Å². The lowest BCUT2D eigenvalue weighted by atomic mass is 9.99. The molecule has 0 atom stereocenters. The van der Waals surface area contributed by atoms with Gasteiger partial charge in [0.1, 0.15) is 0 Å². The normalized spacial score (nSPS) is 11.3. The highest BCUT2D eigenvalue weighted by molar-refractivity contribution is 5.95. The zero-order chi connectivity index (χ0) is 14.3. The number of nitrogens with zero attached hydrogens (tertiary/aromatic N) is 1. The average molecular weight is 265 g/mol. The van der Waals surface area contributed by atoms with E-state index in [1.54, 1.807) is 0 Å². The Labute approximate surface area is 118 Å². The molecule has 2 nitrogen and oxygen atoms in total. The lowest BCUT2D eigenvalue weighted by Gasteiger charge is -2.15. The molecule has 2 aromatic carbocycles. The van der Waals surface area contributed by atoms with Gasteiger partial charge in [-0.3, -0.25) is 4.79 Å². The van der Waals surface area contributed by atoms with Gasteiger partial charge in [-0.25, -0.2) is 0 Å². The van der Waals surface area contributed by atoms with E-state index in [0.29, 0.717) is 0 Å². The Morgan fingerprint density at radius 2 is 1.75 bits per heavy atom. The van der Waals surface area contributed by atoms with Crippen LogP contribution >= 0.6 is 0 Å². The first-order valence-corrected chi connectivity index (χ1v) is 7.20. The molecule has 0 saturated carbocycles. The Morgan fingerprint density at radius 3 is 2.45 bits per heavy atom. The molecule has 0 spiro atoms. The predicted octanol–water partition coefficient (Wildman–Crippen LogP) is 3.82. The topological polar surface area (TPSA) is 22.0 Å². The molecule has 20 heavy (non-hydrogen) atoms. The van der Waals surface area contributed by atoms with E-state index in [-0.39, 0.29) is 5.43 Å². The maximum atomic E-state index is 12.8. The third-order valence-electron chi connectivity index (χ3n) is 4.13. The molecule has 3 aromatic rings. The van der Waals surface area contributed by atoms with Gasteiger partial charge >= 0.3 is 0 Å². The van der Waals surface area contributed by atoms with Crippen LogP contribution in [0.1, 0.15) is 25.0 Å². The summed E-state index contributed by atoms with van der Waals surface area (Å²) in [6.07, 6.45) is 1.90. The zero-order valence-electron chi connectivity index (χ0n) is 12.2. The fourth-order valence-electron chi connectivity index (χ4n) is 3.03. The molecular weight excluding hydrogens is 246 g/mol. The summed E-state index contributed by atoms with van der Waals surface area (Å²) in [5, 5.41) is 1.65. The smallest absolute Gasteiger partial charge is 0.197 e. The minimum Gasteiger partial charge on any atom is -0.343 e. The van der Waals surface area contributed by atoms with Gasteiger partial charge in [0.05, 0.1) is 11.0 Å². The van der Waals surface area contributed by atoms with Gasteiger partial charge in [-0.05, 0) is 42.2 Å². The summed E-state index contributed by atoms with van der Waals surface area (Å²) in [7, 11) is 2.05. The first-order chi connectivity index (χ1) is 9.67. The monoisotopic (exact) mass is 265 g/mol. The van der Waals surface area contributed by atoms with E-state index in [1.807, 2.05) is 24.3 Å². The van der Waals surface area contributed by atoms with Crippen molar-refractivity contribution < 1.29 is 0 Å². The number of benzene rings is 2. The average Bonchev–Trinajstić information content (AvgIpc) is 2.51. The molecule has 3 rings (SSSR count). The zero-order valence-corrected chi connectivity index (χ0v) is 12.2. The number of hydrogen-bond donors (Lipinski definition) is 0. The second-order valence-electron chi connectivity index (χ2n) is 5.26. The van der Waals surface area contributed by atoms with Gasteiger partial charge in [0.2, 0.25) is 0 Å². The minimum atomic E-state index is 0.152. The SMILES string of the molecule is CCc1cc(CC)c2c(c1)c(=O)c1ccccc1n2C. The molecule has 0 aliphatic rings. The van der Waals surface area contributed by atoms with Crippen molar-refractivity contribution in [3.05, 3.63) is 57.7 Å². The molecule has 0 fully saturated rings. The summed E-state index contributed by atoms with van der Waals surface area (Å²) in [4.78, 5) is 12.8. The standard InChI is InChI=1S/C18H19NO/c1-4-12-10-13(5-2)17-15(11-12)18(20)14-8-6-7-9-16(14)19(17)3/h6-11H,4-5H2,1-3H3. The number of hydrogen-bond acceptors (Lipinski definition) is 1. The largest absolute Gasteiger partial charge is 0.343 e. The van der Waals surface area contributed by atoms with E-state index in [1.165, 1.54) is 11.1 Å². The number of fused-ring (bicyclic) bond motifs is 2. The Morgan fingerprint density at radius 1 is 1.00 bits per heavy atom. The fourth-order valence-corrected chi connectivity index (χ4v) is 3.03. The maximum absolute atomic E-state index is 12.8. The quantitative estimate of drug-likeness (QED) is 0.646.